The zero-order chi connectivity index (χ0) is 8.04. The van der Waals surface area contributed by atoms with Gasteiger partial charge in [-0.1, -0.05) is 0 Å². The molecule has 0 aromatic carbocycles. The summed E-state index contributed by atoms with van der Waals surface area (Å²) in [4.78, 5) is 0. The van der Waals surface area contributed by atoms with E-state index in [4.69, 9.17) is 0 Å². The van der Waals surface area contributed by atoms with Crippen LogP contribution in [0.1, 0.15) is 20.8 Å². The van der Waals surface area contributed by atoms with Crippen LogP contribution in [0.15, 0.2) is 0 Å². The molecule has 0 atom stereocenters. The molecule has 62 valence electrons. The summed E-state index contributed by atoms with van der Waals surface area (Å²) in [6, 6.07) is 0. The van der Waals surface area contributed by atoms with Crippen molar-refractivity contribution in [2.24, 2.45) is 0 Å². The Bertz CT molecular complexity index is 75.4. The first kappa shape index (κ1) is 9.88. The van der Waals surface area contributed by atoms with E-state index in [1.54, 1.807) is 0 Å². The van der Waals surface area contributed by atoms with Crippen LogP contribution in [0.3, 0.4) is 0 Å². The number of rotatable bonds is 4. The molecule has 3 nitrogen and oxygen atoms in total. The molecule has 0 aromatic rings. The van der Waals surface area contributed by atoms with Crippen LogP contribution in [0.2, 0.25) is 0 Å². The maximum Gasteiger partial charge on any atom is 0.0468 e. The summed E-state index contributed by atoms with van der Waals surface area (Å²) < 4.78 is 0. The largest absolute Gasteiger partial charge is 0.308 e. The van der Waals surface area contributed by atoms with E-state index in [2.05, 4.69) is 36.7 Å². The van der Waals surface area contributed by atoms with Crippen molar-refractivity contribution in [3.63, 3.8) is 0 Å². The van der Waals surface area contributed by atoms with Crippen molar-refractivity contribution < 1.29 is 0 Å². The topological polar surface area (TPSA) is 36.1 Å². The second-order valence-corrected chi connectivity index (χ2v) is 3.38. The molecule has 0 saturated carbocycles. The molecule has 3 N–H and O–H groups in total. The average molecular weight is 145 g/mol. The first-order valence-corrected chi connectivity index (χ1v) is 3.66. The fourth-order valence-corrected chi connectivity index (χ4v) is 0.515. The van der Waals surface area contributed by atoms with E-state index in [1.807, 2.05) is 7.05 Å². The summed E-state index contributed by atoms with van der Waals surface area (Å²) in [7, 11) is 1.92. The molecular weight excluding hydrogens is 126 g/mol. The molecule has 0 fully saturated rings. The standard InChI is InChI=1S/C7H19N3/c1-7(2,3)10-6-9-5-8-4/h8-10H,5-6H2,1-4H3. The molecule has 0 aliphatic carbocycles. The van der Waals surface area contributed by atoms with Gasteiger partial charge in [0.2, 0.25) is 0 Å². The normalized spacial score (nSPS) is 12.0. The Kier molecular flexibility index (Phi) is 4.60. The average Bonchev–Trinajstić information content (AvgIpc) is 1.78. The Morgan fingerprint density at radius 2 is 1.70 bits per heavy atom. The molecule has 0 heterocycles. The molecule has 0 amide bonds. The SMILES string of the molecule is CNCNCNC(C)(C)C. The van der Waals surface area contributed by atoms with Gasteiger partial charge >= 0.3 is 0 Å². The first-order chi connectivity index (χ1) is 4.56. The van der Waals surface area contributed by atoms with Gasteiger partial charge in [0, 0.05) is 18.9 Å². The van der Waals surface area contributed by atoms with Crippen molar-refractivity contribution >= 4 is 0 Å². The van der Waals surface area contributed by atoms with E-state index in [1.165, 1.54) is 0 Å². The van der Waals surface area contributed by atoms with Crippen LogP contribution in [0.25, 0.3) is 0 Å². The Morgan fingerprint density at radius 1 is 1.10 bits per heavy atom. The van der Waals surface area contributed by atoms with E-state index in [0.717, 1.165) is 13.3 Å². The highest BCUT2D eigenvalue weighted by Crippen LogP contribution is 1.95. The van der Waals surface area contributed by atoms with Gasteiger partial charge in [0.25, 0.3) is 0 Å². The lowest BCUT2D eigenvalue weighted by Gasteiger charge is -2.20. The fraction of sp³-hybridized carbons (Fsp3) is 1.00. The minimum absolute atomic E-state index is 0.209. The third kappa shape index (κ3) is 7.88. The highest BCUT2D eigenvalue weighted by Gasteiger charge is 2.05. The zero-order valence-electron chi connectivity index (χ0n) is 7.41. The van der Waals surface area contributed by atoms with Crippen LogP contribution in [0, 0.1) is 0 Å². The molecule has 0 spiro atoms. The second kappa shape index (κ2) is 4.66. The van der Waals surface area contributed by atoms with Gasteiger partial charge < -0.3 is 5.32 Å². The van der Waals surface area contributed by atoms with Gasteiger partial charge in [-0.25, -0.2) is 0 Å². The van der Waals surface area contributed by atoms with E-state index in [-0.39, 0.29) is 5.54 Å². The van der Waals surface area contributed by atoms with Gasteiger partial charge in [0.1, 0.15) is 0 Å². The van der Waals surface area contributed by atoms with Crippen LogP contribution in [0.5, 0.6) is 0 Å². The summed E-state index contributed by atoms with van der Waals surface area (Å²) in [5.74, 6) is 0. The summed E-state index contributed by atoms with van der Waals surface area (Å²) in [6.07, 6.45) is 0. The highest BCUT2D eigenvalue weighted by atomic mass is 15.1. The van der Waals surface area contributed by atoms with Crippen LogP contribution < -0.4 is 16.0 Å². The van der Waals surface area contributed by atoms with E-state index < -0.39 is 0 Å². The first-order valence-electron chi connectivity index (χ1n) is 3.66. The minimum atomic E-state index is 0.209. The molecule has 0 aromatic heterocycles. The lowest BCUT2D eigenvalue weighted by molar-refractivity contribution is 0.400. The quantitative estimate of drug-likeness (QED) is 0.388. The molecule has 0 radical (unpaired) electrons. The molecule has 0 aliphatic rings. The third-order valence-corrected chi connectivity index (χ3v) is 1.05. The lowest BCUT2D eigenvalue weighted by atomic mass is 10.1. The Balaban J connectivity index is 3.04. The minimum Gasteiger partial charge on any atom is -0.308 e. The molecule has 0 unspecified atom stereocenters. The molecule has 0 aliphatic heterocycles. The van der Waals surface area contributed by atoms with E-state index in [9.17, 15) is 0 Å². The fourth-order valence-electron chi connectivity index (χ4n) is 0.515. The lowest BCUT2D eigenvalue weighted by Crippen LogP contribution is -2.43. The van der Waals surface area contributed by atoms with Gasteiger partial charge in [-0.05, 0) is 27.8 Å². The molecule has 10 heavy (non-hydrogen) atoms. The Morgan fingerprint density at radius 3 is 2.10 bits per heavy atom. The number of hydrogen-bond acceptors (Lipinski definition) is 3. The number of nitrogens with one attached hydrogen (secondary N) is 3. The maximum atomic E-state index is 3.31. The zero-order valence-corrected chi connectivity index (χ0v) is 7.41. The highest BCUT2D eigenvalue weighted by molar-refractivity contribution is 4.68. The van der Waals surface area contributed by atoms with Crippen LogP contribution in [0.4, 0.5) is 0 Å². The summed E-state index contributed by atoms with van der Waals surface area (Å²) in [6.45, 7) is 8.14. The summed E-state index contributed by atoms with van der Waals surface area (Å²) >= 11 is 0. The van der Waals surface area contributed by atoms with Gasteiger partial charge in [0.05, 0.1) is 0 Å². The van der Waals surface area contributed by atoms with E-state index in [0.29, 0.717) is 0 Å². The predicted molar refractivity (Wildman–Crippen MR) is 44.8 cm³/mol. The van der Waals surface area contributed by atoms with Crippen molar-refractivity contribution in [1.82, 2.24) is 16.0 Å². The molecule has 0 bridgehead atoms. The van der Waals surface area contributed by atoms with Crippen molar-refractivity contribution in [3.8, 4) is 0 Å². The maximum absolute atomic E-state index is 3.31. The summed E-state index contributed by atoms with van der Waals surface area (Å²) in [5, 5.41) is 9.48. The van der Waals surface area contributed by atoms with Crippen molar-refractivity contribution in [3.05, 3.63) is 0 Å². The smallest absolute Gasteiger partial charge is 0.0468 e. The third-order valence-electron chi connectivity index (χ3n) is 1.05. The van der Waals surface area contributed by atoms with Gasteiger partial charge in [-0.15, -0.1) is 0 Å². The van der Waals surface area contributed by atoms with Gasteiger partial charge in [-0.2, -0.15) is 0 Å². The second-order valence-electron chi connectivity index (χ2n) is 3.38. The predicted octanol–water partition coefficient (Wildman–Crippen LogP) is 0.0985. The summed E-state index contributed by atoms with van der Waals surface area (Å²) in [5.41, 5.74) is 0.209. The van der Waals surface area contributed by atoms with Crippen LogP contribution in [-0.4, -0.2) is 25.9 Å². The monoisotopic (exact) mass is 145 g/mol. The van der Waals surface area contributed by atoms with Crippen molar-refractivity contribution in [2.45, 2.75) is 26.3 Å². The van der Waals surface area contributed by atoms with Gasteiger partial charge in [0.15, 0.2) is 0 Å². The van der Waals surface area contributed by atoms with Crippen LogP contribution >= 0.6 is 0 Å². The Hall–Kier alpha value is -0.120. The number of hydrogen-bond donors (Lipinski definition) is 3. The van der Waals surface area contributed by atoms with Gasteiger partial charge in [-0.3, -0.25) is 10.6 Å². The molecule has 0 rings (SSSR count). The van der Waals surface area contributed by atoms with Crippen molar-refractivity contribution in [2.75, 3.05) is 20.4 Å². The molecular formula is C7H19N3. The molecule has 0 saturated heterocycles. The van der Waals surface area contributed by atoms with Crippen LogP contribution in [-0.2, 0) is 0 Å². The van der Waals surface area contributed by atoms with E-state index >= 15 is 0 Å². The Labute approximate surface area is 63.6 Å². The molecule has 3 heteroatoms. The van der Waals surface area contributed by atoms with Crippen molar-refractivity contribution in [1.29, 1.82) is 0 Å².